The molecule has 0 radical (unpaired) electrons. The summed E-state index contributed by atoms with van der Waals surface area (Å²) >= 11 is 0. The van der Waals surface area contributed by atoms with Crippen LogP contribution in [0.15, 0.2) is 28.8 Å². The van der Waals surface area contributed by atoms with E-state index in [4.69, 9.17) is 10.2 Å². The molecule has 1 aromatic carbocycles. The van der Waals surface area contributed by atoms with Gasteiger partial charge in [-0.25, -0.2) is 9.37 Å². The van der Waals surface area contributed by atoms with E-state index in [0.29, 0.717) is 11.7 Å². The molecule has 0 spiro atoms. The second-order valence-electron chi connectivity index (χ2n) is 3.28. The van der Waals surface area contributed by atoms with Gasteiger partial charge in [-0.05, 0) is 30.7 Å². The normalized spacial score (nSPS) is 10.6. The number of aryl methyl sites for hydroxylation is 1. The maximum Gasteiger partial charge on any atom is 0.208 e. The molecule has 1 aromatic heterocycles. The van der Waals surface area contributed by atoms with Crippen molar-refractivity contribution in [1.29, 1.82) is 0 Å². The highest BCUT2D eigenvalue weighted by Gasteiger charge is 2.08. The summed E-state index contributed by atoms with van der Waals surface area (Å²) in [6, 6.07) is 4.53. The van der Waals surface area contributed by atoms with Crippen LogP contribution in [-0.2, 0) is 6.54 Å². The second-order valence-corrected chi connectivity index (χ2v) is 3.28. The first kappa shape index (κ1) is 9.86. The van der Waals surface area contributed by atoms with Crippen LogP contribution in [0.5, 0.6) is 0 Å². The number of nitrogens with two attached hydrogens (primary N) is 1. The predicted molar refractivity (Wildman–Crippen MR) is 54.5 cm³/mol. The van der Waals surface area contributed by atoms with Crippen LogP contribution in [0.1, 0.15) is 11.5 Å². The van der Waals surface area contributed by atoms with Crippen molar-refractivity contribution in [3.05, 3.63) is 41.7 Å². The molecular weight excluding hydrogens is 195 g/mol. The van der Waals surface area contributed by atoms with Crippen molar-refractivity contribution < 1.29 is 8.81 Å². The van der Waals surface area contributed by atoms with Gasteiger partial charge in [0.15, 0.2) is 5.76 Å². The molecule has 0 amide bonds. The van der Waals surface area contributed by atoms with Crippen LogP contribution in [0.3, 0.4) is 0 Å². The number of hydrogen-bond donors (Lipinski definition) is 1. The Hall–Kier alpha value is -1.68. The van der Waals surface area contributed by atoms with Crippen LogP contribution >= 0.6 is 0 Å². The van der Waals surface area contributed by atoms with E-state index < -0.39 is 0 Å². The van der Waals surface area contributed by atoms with Crippen molar-refractivity contribution in [3.63, 3.8) is 0 Å². The zero-order chi connectivity index (χ0) is 10.8. The van der Waals surface area contributed by atoms with Crippen molar-refractivity contribution in [1.82, 2.24) is 4.98 Å². The SMILES string of the molecule is Cc1cc(F)ccc1-c1cnc(CN)o1. The van der Waals surface area contributed by atoms with Gasteiger partial charge in [0.2, 0.25) is 5.89 Å². The molecule has 0 saturated carbocycles. The van der Waals surface area contributed by atoms with Crippen LogP contribution in [0.2, 0.25) is 0 Å². The second kappa shape index (κ2) is 3.82. The Labute approximate surface area is 86.7 Å². The average molecular weight is 206 g/mol. The molecule has 2 aromatic rings. The summed E-state index contributed by atoms with van der Waals surface area (Å²) in [5.74, 6) is 0.844. The Kier molecular flexibility index (Phi) is 2.51. The number of benzene rings is 1. The van der Waals surface area contributed by atoms with Crippen LogP contribution in [0.4, 0.5) is 4.39 Å². The van der Waals surface area contributed by atoms with Gasteiger partial charge in [0, 0.05) is 5.56 Å². The Bertz CT molecular complexity index is 479. The summed E-state index contributed by atoms with van der Waals surface area (Å²) < 4.78 is 18.2. The van der Waals surface area contributed by atoms with Crippen molar-refractivity contribution in [3.8, 4) is 11.3 Å². The van der Waals surface area contributed by atoms with E-state index in [1.165, 1.54) is 12.1 Å². The third kappa shape index (κ3) is 1.89. The molecule has 0 atom stereocenters. The molecule has 0 unspecified atom stereocenters. The Morgan fingerprint density at radius 2 is 2.27 bits per heavy atom. The highest BCUT2D eigenvalue weighted by molar-refractivity contribution is 5.60. The molecule has 0 aliphatic carbocycles. The molecular formula is C11H11FN2O. The Morgan fingerprint density at radius 3 is 2.87 bits per heavy atom. The van der Waals surface area contributed by atoms with E-state index >= 15 is 0 Å². The monoisotopic (exact) mass is 206 g/mol. The van der Waals surface area contributed by atoms with Gasteiger partial charge in [0.05, 0.1) is 12.7 Å². The molecule has 78 valence electrons. The van der Waals surface area contributed by atoms with E-state index in [9.17, 15) is 4.39 Å². The minimum atomic E-state index is -0.255. The third-order valence-corrected chi connectivity index (χ3v) is 2.18. The smallest absolute Gasteiger partial charge is 0.208 e. The van der Waals surface area contributed by atoms with E-state index in [0.717, 1.165) is 11.1 Å². The molecule has 0 bridgehead atoms. The van der Waals surface area contributed by atoms with Gasteiger partial charge in [-0.3, -0.25) is 0 Å². The van der Waals surface area contributed by atoms with Crippen molar-refractivity contribution in [2.45, 2.75) is 13.5 Å². The van der Waals surface area contributed by atoms with Crippen LogP contribution < -0.4 is 5.73 Å². The minimum Gasteiger partial charge on any atom is -0.439 e. The number of halogens is 1. The first-order valence-corrected chi connectivity index (χ1v) is 4.62. The zero-order valence-corrected chi connectivity index (χ0v) is 8.33. The van der Waals surface area contributed by atoms with Crippen molar-refractivity contribution in [2.24, 2.45) is 5.73 Å². The molecule has 15 heavy (non-hydrogen) atoms. The van der Waals surface area contributed by atoms with E-state index in [2.05, 4.69) is 4.98 Å². The molecule has 0 aliphatic rings. The van der Waals surface area contributed by atoms with Gasteiger partial charge in [-0.15, -0.1) is 0 Å². The summed E-state index contributed by atoms with van der Waals surface area (Å²) in [5.41, 5.74) is 7.04. The molecule has 0 saturated heterocycles. The van der Waals surface area contributed by atoms with Gasteiger partial charge >= 0.3 is 0 Å². The minimum absolute atomic E-state index is 0.255. The van der Waals surface area contributed by atoms with E-state index in [1.807, 2.05) is 6.92 Å². The number of aromatic nitrogens is 1. The average Bonchev–Trinajstić information content (AvgIpc) is 2.66. The lowest BCUT2D eigenvalue weighted by Crippen LogP contribution is -1.94. The van der Waals surface area contributed by atoms with E-state index in [-0.39, 0.29) is 12.4 Å². The molecule has 1 heterocycles. The number of hydrogen-bond acceptors (Lipinski definition) is 3. The molecule has 4 heteroatoms. The summed E-state index contributed by atoms with van der Waals surface area (Å²) in [7, 11) is 0. The maximum absolute atomic E-state index is 12.9. The van der Waals surface area contributed by atoms with Gasteiger partial charge in [-0.2, -0.15) is 0 Å². The highest BCUT2D eigenvalue weighted by atomic mass is 19.1. The summed E-state index contributed by atoms with van der Waals surface area (Å²) in [6.07, 6.45) is 1.60. The molecule has 0 aliphatic heterocycles. The third-order valence-electron chi connectivity index (χ3n) is 2.18. The van der Waals surface area contributed by atoms with Crippen molar-refractivity contribution in [2.75, 3.05) is 0 Å². The molecule has 0 fully saturated rings. The van der Waals surface area contributed by atoms with Gasteiger partial charge in [-0.1, -0.05) is 0 Å². The fourth-order valence-corrected chi connectivity index (χ4v) is 1.43. The number of oxazole rings is 1. The number of nitrogens with zero attached hydrogens (tertiary/aromatic N) is 1. The Morgan fingerprint density at radius 1 is 1.47 bits per heavy atom. The van der Waals surface area contributed by atoms with E-state index in [1.54, 1.807) is 12.3 Å². The first-order valence-electron chi connectivity index (χ1n) is 4.62. The predicted octanol–water partition coefficient (Wildman–Crippen LogP) is 2.25. The fraction of sp³-hybridized carbons (Fsp3) is 0.182. The maximum atomic E-state index is 12.9. The van der Waals surface area contributed by atoms with Crippen LogP contribution in [0.25, 0.3) is 11.3 Å². The number of rotatable bonds is 2. The topological polar surface area (TPSA) is 52.0 Å². The van der Waals surface area contributed by atoms with Gasteiger partial charge in [0.25, 0.3) is 0 Å². The molecule has 3 nitrogen and oxygen atoms in total. The highest BCUT2D eigenvalue weighted by Crippen LogP contribution is 2.24. The quantitative estimate of drug-likeness (QED) is 0.819. The summed E-state index contributed by atoms with van der Waals surface area (Å²) in [6.45, 7) is 2.09. The lowest BCUT2D eigenvalue weighted by molar-refractivity contribution is 0.509. The molecule has 2 N–H and O–H groups in total. The lowest BCUT2D eigenvalue weighted by Gasteiger charge is -2.01. The fourth-order valence-electron chi connectivity index (χ4n) is 1.43. The van der Waals surface area contributed by atoms with Gasteiger partial charge < -0.3 is 10.2 Å². The van der Waals surface area contributed by atoms with Crippen LogP contribution in [-0.4, -0.2) is 4.98 Å². The largest absolute Gasteiger partial charge is 0.439 e. The first-order chi connectivity index (χ1) is 7.20. The summed E-state index contributed by atoms with van der Waals surface area (Å²) in [4.78, 5) is 3.99. The Balaban J connectivity index is 2.44. The standard InChI is InChI=1S/C11H11FN2O/c1-7-4-8(12)2-3-9(7)10-6-14-11(5-13)15-10/h2-4,6H,5,13H2,1H3. The van der Waals surface area contributed by atoms with Crippen molar-refractivity contribution >= 4 is 0 Å². The molecule has 2 rings (SSSR count). The summed E-state index contributed by atoms with van der Waals surface area (Å²) in [5, 5.41) is 0. The lowest BCUT2D eigenvalue weighted by atomic mass is 10.1. The zero-order valence-electron chi connectivity index (χ0n) is 8.33. The van der Waals surface area contributed by atoms with Crippen LogP contribution in [0, 0.1) is 12.7 Å². The van der Waals surface area contributed by atoms with Gasteiger partial charge in [0.1, 0.15) is 5.82 Å².